The maximum absolute atomic E-state index is 12.1. The van der Waals surface area contributed by atoms with Crippen molar-refractivity contribution in [3.63, 3.8) is 0 Å². The van der Waals surface area contributed by atoms with Gasteiger partial charge in [0.15, 0.2) is 11.5 Å². The number of fused-ring (bicyclic) bond motifs is 1. The van der Waals surface area contributed by atoms with Crippen LogP contribution in [0.2, 0.25) is 0 Å². The molecule has 1 aliphatic carbocycles. The van der Waals surface area contributed by atoms with Gasteiger partial charge in [-0.2, -0.15) is 0 Å². The molecule has 1 heterocycles. The lowest BCUT2D eigenvalue weighted by molar-refractivity contribution is -0.121. The van der Waals surface area contributed by atoms with Gasteiger partial charge in [-0.15, -0.1) is 0 Å². The van der Waals surface area contributed by atoms with Gasteiger partial charge in [-0.05, 0) is 42.4 Å². The van der Waals surface area contributed by atoms with Gasteiger partial charge in [0.25, 0.3) is 0 Å². The second kappa shape index (κ2) is 5.96. The van der Waals surface area contributed by atoms with Crippen molar-refractivity contribution in [2.75, 3.05) is 13.2 Å². The summed E-state index contributed by atoms with van der Waals surface area (Å²) < 4.78 is 11.2. The van der Waals surface area contributed by atoms with Gasteiger partial charge in [0.05, 0.1) is 0 Å². The Labute approximate surface area is 125 Å². The minimum absolute atomic E-state index is 0.158. The number of ether oxygens (including phenoxy) is 2. The molecule has 4 heteroatoms. The highest BCUT2D eigenvalue weighted by Gasteiger charge is 2.27. The minimum atomic E-state index is 0.158. The largest absolute Gasteiger partial charge is 0.486 e. The lowest BCUT2D eigenvalue weighted by Gasteiger charge is -2.24. The van der Waals surface area contributed by atoms with Crippen LogP contribution in [0.4, 0.5) is 0 Å². The quantitative estimate of drug-likeness (QED) is 0.906. The topological polar surface area (TPSA) is 47.6 Å². The fourth-order valence-electron chi connectivity index (χ4n) is 2.74. The molecular weight excluding hydrogens is 266 g/mol. The van der Waals surface area contributed by atoms with Crippen LogP contribution < -0.4 is 14.8 Å². The van der Waals surface area contributed by atoms with Crippen molar-refractivity contribution >= 4 is 5.91 Å². The van der Waals surface area contributed by atoms with Crippen molar-refractivity contribution in [1.82, 2.24) is 5.32 Å². The van der Waals surface area contributed by atoms with E-state index in [-0.39, 0.29) is 11.8 Å². The highest BCUT2D eigenvalue weighted by molar-refractivity contribution is 5.77. The van der Waals surface area contributed by atoms with Crippen LogP contribution in [-0.4, -0.2) is 25.2 Å². The van der Waals surface area contributed by atoms with Crippen LogP contribution in [0.15, 0.2) is 18.2 Å². The summed E-state index contributed by atoms with van der Waals surface area (Å²) in [6, 6.07) is 6.47. The third kappa shape index (κ3) is 3.49. The molecule has 4 nitrogen and oxygen atoms in total. The Hall–Kier alpha value is -1.71. The van der Waals surface area contributed by atoms with E-state index in [4.69, 9.17) is 9.47 Å². The molecule has 0 spiro atoms. The zero-order chi connectivity index (χ0) is 14.8. The van der Waals surface area contributed by atoms with E-state index >= 15 is 0 Å². The van der Waals surface area contributed by atoms with Crippen molar-refractivity contribution < 1.29 is 14.3 Å². The molecule has 21 heavy (non-hydrogen) atoms. The van der Waals surface area contributed by atoms with E-state index in [0.29, 0.717) is 31.6 Å². The number of carbonyl (C=O) groups is 1. The summed E-state index contributed by atoms with van der Waals surface area (Å²) >= 11 is 0. The maximum Gasteiger partial charge on any atom is 0.220 e. The highest BCUT2D eigenvalue weighted by Crippen LogP contribution is 2.36. The summed E-state index contributed by atoms with van der Waals surface area (Å²) in [5.74, 6) is 2.37. The Morgan fingerprint density at radius 1 is 1.24 bits per heavy atom. The molecule has 0 radical (unpaired) electrons. The average molecular weight is 289 g/mol. The van der Waals surface area contributed by atoms with Crippen LogP contribution in [0, 0.1) is 5.92 Å². The zero-order valence-corrected chi connectivity index (χ0v) is 12.7. The Kier molecular flexibility index (Phi) is 4.04. The molecule has 0 saturated heterocycles. The van der Waals surface area contributed by atoms with E-state index in [1.54, 1.807) is 0 Å². The van der Waals surface area contributed by atoms with E-state index in [9.17, 15) is 4.79 Å². The molecule has 1 aliphatic heterocycles. The molecule has 1 fully saturated rings. The third-order valence-corrected chi connectivity index (χ3v) is 4.15. The fourth-order valence-corrected chi connectivity index (χ4v) is 2.74. The first-order chi connectivity index (χ1) is 10.1. The molecule has 1 amide bonds. The van der Waals surface area contributed by atoms with Gasteiger partial charge in [0, 0.05) is 12.5 Å². The van der Waals surface area contributed by atoms with E-state index in [1.165, 1.54) is 0 Å². The molecule has 114 valence electrons. The van der Waals surface area contributed by atoms with E-state index in [1.807, 2.05) is 12.1 Å². The summed E-state index contributed by atoms with van der Waals surface area (Å²) in [4.78, 5) is 12.1. The molecular formula is C17H23NO3. The number of benzene rings is 1. The van der Waals surface area contributed by atoms with Gasteiger partial charge in [0.1, 0.15) is 13.2 Å². The molecule has 1 aromatic carbocycles. The number of carbonyl (C=O) groups excluding carboxylic acids is 1. The van der Waals surface area contributed by atoms with Crippen LogP contribution >= 0.6 is 0 Å². The molecule has 0 aromatic heterocycles. The smallest absolute Gasteiger partial charge is 0.220 e. The first-order valence-electron chi connectivity index (χ1n) is 7.82. The van der Waals surface area contributed by atoms with Gasteiger partial charge in [-0.25, -0.2) is 0 Å². The third-order valence-electron chi connectivity index (χ3n) is 4.15. The van der Waals surface area contributed by atoms with Crippen LogP contribution in [0.5, 0.6) is 11.5 Å². The van der Waals surface area contributed by atoms with Crippen molar-refractivity contribution in [3.8, 4) is 11.5 Å². The Balaban J connectivity index is 1.74. The monoisotopic (exact) mass is 289 g/mol. The number of nitrogens with one attached hydrogen (secondary N) is 1. The van der Waals surface area contributed by atoms with Gasteiger partial charge < -0.3 is 14.8 Å². The first kappa shape index (κ1) is 14.2. The number of hydrogen-bond acceptors (Lipinski definition) is 3. The van der Waals surface area contributed by atoms with Crippen LogP contribution in [0.1, 0.15) is 44.6 Å². The average Bonchev–Trinajstić information content (AvgIpc) is 3.28. The van der Waals surface area contributed by atoms with E-state index in [2.05, 4.69) is 25.2 Å². The standard InChI is InChI=1S/C17H23NO3/c1-11(2)14(10-17(19)18-13-4-5-13)12-3-6-15-16(9-12)21-8-7-20-15/h3,6,9,11,13-14H,4-5,7-8,10H2,1-2H3,(H,18,19). The molecule has 1 saturated carbocycles. The predicted octanol–water partition coefficient (Wildman–Crippen LogP) is 2.87. The molecule has 0 bridgehead atoms. The number of rotatable bonds is 5. The Bertz CT molecular complexity index is 523. The number of hydrogen-bond donors (Lipinski definition) is 1. The first-order valence-corrected chi connectivity index (χ1v) is 7.82. The van der Waals surface area contributed by atoms with Crippen molar-refractivity contribution in [3.05, 3.63) is 23.8 Å². The molecule has 1 N–H and O–H groups in total. The molecule has 1 unspecified atom stereocenters. The fraction of sp³-hybridized carbons (Fsp3) is 0.588. The maximum atomic E-state index is 12.1. The SMILES string of the molecule is CC(C)C(CC(=O)NC1CC1)c1ccc2c(c1)OCCO2. The predicted molar refractivity (Wildman–Crippen MR) is 80.8 cm³/mol. The summed E-state index contributed by atoms with van der Waals surface area (Å²) in [5.41, 5.74) is 1.15. The normalized spacial score (nSPS) is 18.4. The van der Waals surface area contributed by atoms with E-state index < -0.39 is 0 Å². The Morgan fingerprint density at radius 2 is 1.95 bits per heavy atom. The van der Waals surface area contributed by atoms with Crippen LogP contribution in [-0.2, 0) is 4.79 Å². The van der Waals surface area contributed by atoms with Gasteiger partial charge in [0.2, 0.25) is 5.91 Å². The molecule has 1 atom stereocenters. The van der Waals surface area contributed by atoms with Crippen molar-refractivity contribution in [1.29, 1.82) is 0 Å². The lowest BCUT2D eigenvalue weighted by atomic mass is 9.85. The lowest BCUT2D eigenvalue weighted by Crippen LogP contribution is -2.28. The van der Waals surface area contributed by atoms with Crippen molar-refractivity contribution in [2.24, 2.45) is 5.92 Å². The summed E-state index contributed by atoms with van der Waals surface area (Å²) in [7, 11) is 0. The summed E-state index contributed by atoms with van der Waals surface area (Å²) in [5, 5.41) is 3.08. The number of amides is 1. The second-order valence-corrected chi connectivity index (χ2v) is 6.30. The summed E-state index contributed by atoms with van der Waals surface area (Å²) in [6.45, 7) is 5.51. The van der Waals surface area contributed by atoms with Gasteiger partial charge in [-0.1, -0.05) is 19.9 Å². The summed E-state index contributed by atoms with van der Waals surface area (Å²) in [6.07, 6.45) is 2.79. The van der Waals surface area contributed by atoms with Crippen LogP contribution in [0.3, 0.4) is 0 Å². The second-order valence-electron chi connectivity index (χ2n) is 6.30. The van der Waals surface area contributed by atoms with Crippen LogP contribution in [0.25, 0.3) is 0 Å². The molecule has 3 rings (SSSR count). The minimum Gasteiger partial charge on any atom is -0.486 e. The zero-order valence-electron chi connectivity index (χ0n) is 12.7. The molecule has 2 aliphatic rings. The van der Waals surface area contributed by atoms with Gasteiger partial charge in [-0.3, -0.25) is 4.79 Å². The highest BCUT2D eigenvalue weighted by atomic mass is 16.6. The van der Waals surface area contributed by atoms with E-state index in [0.717, 1.165) is 29.9 Å². The Morgan fingerprint density at radius 3 is 2.62 bits per heavy atom. The molecule has 1 aromatic rings. The van der Waals surface area contributed by atoms with Crippen molar-refractivity contribution in [2.45, 2.75) is 45.1 Å². The van der Waals surface area contributed by atoms with Gasteiger partial charge >= 0.3 is 0 Å².